The third-order valence-electron chi connectivity index (χ3n) is 1.52. The van der Waals surface area contributed by atoms with Crippen LogP contribution in [0.1, 0.15) is 15.9 Å². The summed E-state index contributed by atoms with van der Waals surface area (Å²) in [6.45, 7) is 0. The number of alkyl halides is 3. The predicted octanol–water partition coefficient (Wildman–Crippen LogP) is 3.48. The van der Waals surface area contributed by atoms with Crippen LogP contribution < -0.4 is 0 Å². The maximum absolute atomic E-state index is 12.2. The summed E-state index contributed by atoms with van der Waals surface area (Å²) >= 11 is 5.27. The highest BCUT2D eigenvalue weighted by atomic mass is 35.5. The first-order valence-electron chi connectivity index (χ1n) is 3.42. The molecule has 1 aromatic carbocycles. The first-order valence-corrected chi connectivity index (χ1v) is 3.80. The van der Waals surface area contributed by atoms with E-state index in [0.717, 1.165) is 12.1 Å². The lowest BCUT2D eigenvalue weighted by atomic mass is 10.1. The molecule has 0 bridgehead atoms. The van der Waals surface area contributed by atoms with Gasteiger partial charge in [0.15, 0.2) is 0 Å². The molecule has 2 nitrogen and oxygen atoms in total. The molecule has 1 rings (SSSR count). The molecule has 0 aliphatic carbocycles. The van der Waals surface area contributed by atoms with Crippen LogP contribution in [0.15, 0.2) is 18.2 Å². The molecule has 0 saturated heterocycles. The maximum Gasteiger partial charge on any atom is 0.417 e. The Bertz CT molecular complexity index is 377. The topological polar surface area (TPSA) is 37.3 Å². The second-order valence-corrected chi connectivity index (χ2v) is 2.90. The molecule has 0 unspecified atom stereocenters. The third-order valence-corrected chi connectivity index (χ3v) is 1.85. The molecule has 0 radical (unpaired) electrons. The number of hydrogen-bond acceptors (Lipinski definition) is 1. The van der Waals surface area contributed by atoms with E-state index >= 15 is 0 Å². The molecule has 0 amide bonds. The van der Waals surface area contributed by atoms with Gasteiger partial charge >= 0.3 is 12.1 Å². The van der Waals surface area contributed by atoms with Gasteiger partial charge < -0.3 is 5.11 Å². The Balaban J connectivity index is 0.00000196. The molecule has 0 spiro atoms. The van der Waals surface area contributed by atoms with Crippen molar-refractivity contribution in [3.05, 3.63) is 34.3 Å². The van der Waals surface area contributed by atoms with Gasteiger partial charge in [-0.3, -0.25) is 0 Å². The maximum atomic E-state index is 12.2. The summed E-state index contributed by atoms with van der Waals surface area (Å²) in [5.41, 5.74) is -1.58. The molecule has 15 heavy (non-hydrogen) atoms. The lowest BCUT2D eigenvalue weighted by Crippen LogP contribution is -2.08. The second kappa shape index (κ2) is 4.72. The van der Waals surface area contributed by atoms with Crippen LogP contribution in [0.4, 0.5) is 13.2 Å². The van der Waals surface area contributed by atoms with Gasteiger partial charge in [-0.15, -0.1) is 12.4 Å². The van der Waals surface area contributed by atoms with Gasteiger partial charge in [0.1, 0.15) is 0 Å². The zero-order chi connectivity index (χ0) is 10.9. The fourth-order valence-electron chi connectivity index (χ4n) is 0.876. The molecule has 0 heterocycles. The zero-order valence-corrected chi connectivity index (χ0v) is 8.58. The predicted molar refractivity (Wildman–Crippen MR) is 50.7 cm³/mol. The van der Waals surface area contributed by atoms with E-state index in [-0.39, 0.29) is 12.4 Å². The molecule has 0 aliphatic rings. The van der Waals surface area contributed by atoms with Crippen LogP contribution in [-0.2, 0) is 6.18 Å². The van der Waals surface area contributed by atoms with Crippen LogP contribution in [0.2, 0.25) is 5.02 Å². The van der Waals surface area contributed by atoms with E-state index in [1.165, 1.54) is 0 Å². The Morgan fingerprint density at radius 3 is 2.27 bits per heavy atom. The number of rotatable bonds is 1. The van der Waals surface area contributed by atoms with Crippen LogP contribution in [0.5, 0.6) is 0 Å². The minimum absolute atomic E-state index is 0. The summed E-state index contributed by atoms with van der Waals surface area (Å²) in [4.78, 5) is 10.4. The Hall–Kier alpha value is -0.940. The van der Waals surface area contributed by atoms with Crippen molar-refractivity contribution >= 4 is 30.0 Å². The summed E-state index contributed by atoms with van der Waals surface area (Å²) in [6.07, 6.45) is -4.64. The molecule has 1 aromatic rings. The smallest absolute Gasteiger partial charge is 0.417 e. The van der Waals surface area contributed by atoms with Crippen molar-refractivity contribution in [1.29, 1.82) is 0 Å². The molecule has 0 aliphatic heterocycles. The van der Waals surface area contributed by atoms with E-state index in [1.54, 1.807) is 0 Å². The highest BCUT2D eigenvalue weighted by Gasteiger charge is 2.33. The minimum atomic E-state index is -4.64. The standard InChI is InChI=1S/C8H4ClF3O2.ClH/c9-6-2-1-4(7(13)14)3-5(6)8(10,11)12;/h1-3H,(H,13,14);1H. The number of aromatic carboxylic acids is 1. The van der Waals surface area contributed by atoms with Crippen LogP contribution in [0.3, 0.4) is 0 Å². The van der Waals surface area contributed by atoms with Crippen LogP contribution in [-0.4, -0.2) is 11.1 Å². The van der Waals surface area contributed by atoms with Crippen molar-refractivity contribution in [3.63, 3.8) is 0 Å². The number of halogens is 5. The quantitative estimate of drug-likeness (QED) is 0.840. The van der Waals surface area contributed by atoms with Gasteiger partial charge in [0.05, 0.1) is 16.1 Å². The molecule has 0 atom stereocenters. The van der Waals surface area contributed by atoms with E-state index in [0.29, 0.717) is 6.07 Å². The molecular formula is C8H5Cl2F3O2. The van der Waals surface area contributed by atoms with Gasteiger partial charge in [-0.05, 0) is 18.2 Å². The van der Waals surface area contributed by atoms with Crippen molar-refractivity contribution in [3.8, 4) is 0 Å². The summed E-state index contributed by atoms with van der Waals surface area (Å²) in [5.74, 6) is -1.42. The SMILES string of the molecule is Cl.O=C(O)c1ccc(Cl)c(C(F)(F)F)c1. The molecule has 0 saturated carbocycles. The Morgan fingerprint density at radius 2 is 1.87 bits per heavy atom. The first-order chi connectivity index (χ1) is 6.32. The highest BCUT2D eigenvalue weighted by molar-refractivity contribution is 6.31. The van der Waals surface area contributed by atoms with Gasteiger partial charge in [0.25, 0.3) is 0 Å². The Morgan fingerprint density at radius 1 is 1.33 bits per heavy atom. The van der Waals surface area contributed by atoms with E-state index in [4.69, 9.17) is 16.7 Å². The van der Waals surface area contributed by atoms with Gasteiger partial charge in [-0.1, -0.05) is 11.6 Å². The van der Waals surface area contributed by atoms with Gasteiger partial charge in [0.2, 0.25) is 0 Å². The lowest BCUT2D eigenvalue weighted by Gasteiger charge is -2.08. The van der Waals surface area contributed by atoms with Crippen molar-refractivity contribution in [2.45, 2.75) is 6.18 Å². The summed E-state index contributed by atoms with van der Waals surface area (Å²) < 4.78 is 36.6. The number of carboxylic acid groups (broad SMARTS) is 1. The zero-order valence-electron chi connectivity index (χ0n) is 7.01. The van der Waals surface area contributed by atoms with Crippen LogP contribution >= 0.6 is 24.0 Å². The molecule has 0 aromatic heterocycles. The van der Waals surface area contributed by atoms with Crippen molar-refractivity contribution < 1.29 is 23.1 Å². The normalized spacial score (nSPS) is 10.7. The van der Waals surface area contributed by atoms with E-state index in [2.05, 4.69) is 0 Å². The largest absolute Gasteiger partial charge is 0.478 e. The van der Waals surface area contributed by atoms with E-state index < -0.39 is 28.3 Å². The van der Waals surface area contributed by atoms with Gasteiger partial charge in [-0.2, -0.15) is 13.2 Å². The molecule has 84 valence electrons. The average Bonchev–Trinajstić information content (AvgIpc) is 2.02. The first kappa shape index (κ1) is 14.1. The summed E-state index contributed by atoms with van der Waals surface area (Å²) in [5, 5.41) is 7.94. The monoisotopic (exact) mass is 260 g/mol. The molecular weight excluding hydrogens is 256 g/mol. The lowest BCUT2D eigenvalue weighted by molar-refractivity contribution is -0.137. The highest BCUT2D eigenvalue weighted by Crippen LogP contribution is 2.34. The molecule has 7 heteroatoms. The third kappa shape index (κ3) is 3.28. The number of hydrogen-bond donors (Lipinski definition) is 1. The minimum Gasteiger partial charge on any atom is -0.478 e. The fraction of sp³-hybridized carbons (Fsp3) is 0.125. The second-order valence-electron chi connectivity index (χ2n) is 2.50. The van der Waals surface area contributed by atoms with E-state index in [9.17, 15) is 18.0 Å². The van der Waals surface area contributed by atoms with E-state index in [1.807, 2.05) is 0 Å². The Labute approximate surface area is 94.1 Å². The number of carboxylic acids is 1. The number of benzene rings is 1. The molecule has 1 N–H and O–H groups in total. The fourth-order valence-corrected chi connectivity index (χ4v) is 1.10. The number of carbonyl (C=O) groups is 1. The molecule has 0 fully saturated rings. The van der Waals surface area contributed by atoms with Crippen LogP contribution in [0, 0.1) is 0 Å². The van der Waals surface area contributed by atoms with Crippen molar-refractivity contribution in [1.82, 2.24) is 0 Å². The summed E-state index contributed by atoms with van der Waals surface area (Å²) in [6, 6.07) is 2.43. The average molecular weight is 261 g/mol. The van der Waals surface area contributed by atoms with Gasteiger partial charge in [-0.25, -0.2) is 4.79 Å². The van der Waals surface area contributed by atoms with Crippen LogP contribution in [0.25, 0.3) is 0 Å². The van der Waals surface area contributed by atoms with Gasteiger partial charge in [0, 0.05) is 0 Å². The Kier molecular flexibility index (Phi) is 4.42. The van der Waals surface area contributed by atoms with Crippen molar-refractivity contribution in [2.75, 3.05) is 0 Å². The summed E-state index contributed by atoms with van der Waals surface area (Å²) in [7, 11) is 0. The van der Waals surface area contributed by atoms with Crippen molar-refractivity contribution in [2.24, 2.45) is 0 Å².